The Morgan fingerprint density at radius 1 is 1.12 bits per heavy atom. The van der Waals surface area contributed by atoms with E-state index in [1.165, 1.54) is 48.0 Å². The molecule has 0 amide bonds. The Bertz CT molecular complexity index is 361. The van der Waals surface area contributed by atoms with Crippen LogP contribution in [-0.2, 0) is 0 Å². The van der Waals surface area contributed by atoms with Crippen molar-refractivity contribution in [2.24, 2.45) is 5.41 Å². The molecule has 0 aromatic heterocycles. The van der Waals surface area contributed by atoms with E-state index in [1.54, 1.807) is 0 Å². The Hall–Kier alpha value is -0.250. The van der Waals surface area contributed by atoms with Gasteiger partial charge in [-0.3, -0.25) is 0 Å². The van der Waals surface area contributed by atoms with E-state index in [-0.39, 0.29) is 0 Å². The maximum absolute atomic E-state index is 2.55. The van der Waals surface area contributed by atoms with E-state index in [9.17, 15) is 0 Å². The van der Waals surface area contributed by atoms with E-state index in [0.29, 0.717) is 5.41 Å². The van der Waals surface area contributed by atoms with Gasteiger partial charge in [0.2, 0.25) is 0 Å². The van der Waals surface area contributed by atoms with E-state index in [0.717, 1.165) is 0 Å². The highest BCUT2D eigenvalue weighted by Gasteiger charge is 2.41. The lowest BCUT2D eigenvalue weighted by molar-refractivity contribution is 0.173. The third-order valence-electron chi connectivity index (χ3n) is 3.81. The Morgan fingerprint density at radius 3 is 2.24 bits per heavy atom. The summed E-state index contributed by atoms with van der Waals surface area (Å²) < 4.78 is 1.38. The third kappa shape index (κ3) is 2.78. The second-order valence-electron chi connectivity index (χ2n) is 5.31. The highest BCUT2D eigenvalue weighted by atomic mass is 127. The van der Waals surface area contributed by atoms with E-state index >= 15 is 0 Å². The maximum Gasteiger partial charge on any atom is 0.0502 e. The molecule has 0 atom stereocenters. The van der Waals surface area contributed by atoms with Gasteiger partial charge in [0.1, 0.15) is 0 Å². The predicted molar refractivity (Wildman–Crippen MR) is 83.6 cm³/mol. The van der Waals surface area contributed by atoms with Crippen LogP contribution in [0.1, 0.15) is 39.5 Å². The van der Waals surface area contributed by atoms with E-state index < -0.39 is 0 Å². The quantitative estimate of drug-likeness (QED) is 0.701. The number of hydrogen-bond donors (Lipinski definition) is 0. The molecule has 1 nitrogen and oxygen atoms in total. The van der Waals surface area contributed by atoms with Gasteiger partial charge in [0.05, 0.1) is 5.69 Å². The Kier molecular flexibility index (Phi) is 4.34. The molecule has 1 aromatic rings. The van der Waals surface area contributed by atoms with Crippen LogP contribution in [0, 0.1) is 8.99 Å². The summed E-state index contributed by atoms with van der Waals surface area (Å²) >= 11 is 2.45. The van der Waals surface area contributed by atoms with Crippen LogP contribution in [0.15, 0.2) is 24.3 Å². The van der Waals surface area contributed by atoms with Gasteiger partial charge in [0.25, 0.3) is 0 Å². The first-order valence-electron chi connectivity index (χ1n) is 6.70. The van der Waals surface area contributed by atoms with Crippen molar-refractivity contribution in [1.29, 1.82) is 0 Å². The van der Waals surface area contributed by atoms with Gasteiger partial charge in [-0.15, -0.1) is 0 Å². The van der Waals surface area contributed by atoms with Crippen molar-refractivity contribution in [1.82, 2.24) is 0 Å². The maximum atomic E-state index is 2.55. The minimum atomic E-state index is 0.614. The largest absolute Gasteiger partial charge is 0.369 e. The number of benzene rings is 1. The van der Waals surface area contributed by atoms with Crippen molar-refractivity contribution >= 4 is 28.3 Å². The van der Waals surface area contributed by atoms with Gasteiger partial charge in [-0.25, -0.2) is 0 Å². The molecule has 2 heteroatoms. The topological polar surface area (TPSA) is 3.24 Å². The van der Waals surface area contributed by atoms with Gasteiger partial charge in [0.15, 0.2) is 0 Å². The van der Waals surface area contributed by atoms with Gasteiger partial charge in [-0.2, -0.15) is 0 Å². The van der Waals surface area contributed by atoms with Crippen LogP contribution in [0.25, 0.3) is 0 Å². The van der Waals surface area contributed by atoms with Crippen LogP contribution in [-0.4, -0.2) is 13.1 Å². The highest BCUT2D eigenvalue weighted by molar-refractivity contribution is 14.1. The lowest BCUT2D eigenvalue weighted by atomic mass is 9.72. The highest BCUT2D eigenvalue weighted by Crippen LogP contribution is 2.42. The normalized spacial score (nSPS) is 17.9. The molecule has 0 N–H and O–H groups in total. The minimum absolute atomic E-state index is 0.614. The van der Waals surface area contributed by atoms with Crippen molar-refractivity contribution in [2.75, 3.05) is 18.0 Å². The predicted octanol–water partition coefficient (Wildman–Crippen LogP) is 4.70. The molecular weight excluding hydrogens is 321 g/mol. The van der Waals surface area contributed by atoms with E-state index in [2.05, 4.69) is 65.6 Å². The Balaban J connectivity index is 2.03. The summed E-state index contributed by atoms with van der Waals surface area (Å²) in [5, 5.41) is 0. The fourth-order valence-corrected chi connectivity index (χ4v) is 3.87. The molecule has 1 saturated heterocycles. The van der Waals surface area contributed by atoms with Crippen LogP contribution in [0.4, 0.5) is 5.69 Å². The van der Waals surface area contributed by atoms with Gasteiger partial charge in [-0.05, 0) is 47.6 Å². The van der Waals surface area contributed by atoms with Crippen LogP contribution in [0.3, 0.4) is 0 Å². The molecule has 0 unspecified atom stereocenters. The summed E-state index contributed by atoms with van der Waals surface area (Å²) in [6, 6.07) is 8.73. The number of hydrogen-bond acceptors (Lipinski definition) is 1. The monoisotopic (exact) mass is 343 g/mol. The average Bonchev–Trinajstić information content (AvgIpc) is 2.26. The zero-order valence-electron chi connectivity index (χ0n) is 10.9. The lowest BCUT2D eigenvalue weighted by Crippen LogP contribution is -2.56. The molecular formula is C15H22IN. The smallest absolute Gasteiger partial charge is 0.0502 e. The second kappa shape index (κ2) is 5.59. The molecule has 0 radical (unpaired) electrons. The van der Waals surface area contributed by atoms with Crippen molar-refractivity contribution < 1.29 is 0 Å². The SMILES string of the molecule is CCCC1(CCC)CN(c2ccccc2I)C1. The summed E-state index contributed by atoms with van der Waals surface area (Å²) in [5.74, 6) is 0. The third-order valence-corrected chi connectivity index (χ3v) is 4.72. The first-order chi connectivity index (χ1) is 8.21. The average molecular weight is 343 g/mol. The zero-order valence-corrected chi connectivity index (χ0v) is 13.0. The van der Waals surface area contributed by atoms with Gasteiger partial charge in [0, 0.05) is 22.1 Å². The molecule has 0 saturated carbocycles. The molecule has 94 valence electrons. The first-order valence-corrected chi connectivity index (χ1v) is 7.78. The van der Waals surface area contributed by atoms with E-state index in [4.69, 9.17) is 0 Å². The summed E-state index contributed by atoms with van der Waals surface area (Å²) in [5.41, 5.74) is 2.04. The summed E-state index contributed by atoms with van der Waals surface area (Å²) in [6.45, 7) is 7.14. The van der Waals surface area contributed by atoms with Crippen LogP contribution >= 0.6 is 22.6 Å². The molecule has 1 heterocycles. The molecule has 1 aliphatic heterocycles. The minimum Gasteiger partial charge on any atom is -0.369 e. The molecule has 1 aromatic carbocycles. The lowest BCUT2D eigenvalue weighted by Gasteiger charge is -2.52. The number of nitrogens with zero attached hydrogens (tertiary/aromatic N) is 1. The van der Waals surface area contributed by atoms with Crippen molar-refractivity contribution in [3.63, 3.8) is 0 Å². The number of rotatable bonds is 5. The van der Waals surface area contributed by atoms with Crippen LogP contribution < -0.4 is 4.90 Å². The van der Waals surface area contributed by atoms with Crippen LogP contribution in [0.2, 0.25) is 0 Å². The van der Waals surface area contributed by atoms with Crippen molar-refractivity contribution in [2.45, 2.75) is 39.5 Å². The van der Waals surface area contributed by atoms with Crippen molar-refractivity contribution in [3.8, 4) is 0 Å². The number of para-hydroxylation sites is 1. The summed E-state index contributed by atoms with van der Waals surface area (Å²) in [6.07, 6.45) is 5.42. The molecule has 1 aliphatic rings. The standard InChI is InChI=1S/C15H22IN/c1-3-9-15(10-4-2)11-17(12-15)14-8-6-5-7-13(14)16/h5-8H,3-4,9-12H2,1-2H3. The molecule has 2 rings (SSSR count). The second-order valence-corrected chi connectivity index (χ2v) is 6.47. The Labute approximate surface area is 119 Å². The Morgan fingerprint density at radius 2 is 1.71 bits per heavy atom. The van der Waals surface area contributed by atoms with Crippen molar-refractivity contribution in [3.05, 3.63) is 27.8 Å². The molecule has 1 fully saturated rings. The van der Waals surface area contributed by atoms with Gasteiger partial charge >= 0.3 is 0 Å². The number of halogens is 1. The molecule has 0 bridgehead atoms. The number of anilines is 1. The fraction of sp³-hybridized carbons (Fsp3) is 0.600. The molecule has 0 spiro atoms. The molecule has 0 aliphatic carbocycles. The van der Waals surface area contributed by atoms with Gasteiger partial charge < -0.3 is 4.90 Å². The molecule has 17 heavy (non-hydrogen) atoms. The summed E-state index contributed by atoms with van der Waals surface area (Å²) in [7, 11) is 0. The fourth-order valence-electron chi connectivity index (χ4n) is 3.14. The summed E-state index contributed by atoms with van der Waals surface area (Å²) in [4.78, 5) is 2.55. The van der Waals surface area contributed by atoms with Crippen LogP contribution in [0.5, 0.6) is 0 Å². The van der Waals surface area contributed by atoms with E-state index in [1.807, 2.05) is 0 Å². The first kappa shape index (κ1) is 13.2. The van der Waals surface area contributed by atoms with Gasteiger partial charge in [-0.1, -0.05) is 38.8 Å². The zero-order chi connectivity index (χ0) is 12.3.